The van der Waals surface area contributed by atoms with Gasteiger partial charge in [0.15, 0.2) is 0 Å². The highest BCUT2D eigenvalue weighted by molar-refractivity contribution is 9.10. The minimum atomic E-state index is 0.856. The first-order valence-corrected chi connectivity index (χ1v) is 6.30. The molecule has 0 aliphatic rings. The van der Waals surface area contributed by atoms with Crippen LogP contribution in [-0.2, 0) is 6.42 Å². The number of halogens is 1. The van der Waals surface area contributed by atoms with Gasteiger partial charge >= 0.3 is 0 Å². The lowest BCUT2D eigenvalue weighted by Crippen LogP contribution is -2.02. The minimum Gasteiger partial charge on any atom is -0.0654 e. The summed E-state index contributed by atoms with van der Waals surface area (Å²) in [6.45, 7) is 4.56. The van der Waals surface area contributed by atoms with E-state index >= 15 is 0 Å². The topological polar surface area (TPSA) is 0 Å². The van der Waals surface area contributed by atoms with Crippen LogP contribution in [0.1, 0.15) is 38.7 Å². The number of rotatable bonds is 5. The van der Waals surface area contributed by atoms with E-state index in [0.717, 1.165) is 5.92 Å². The van der Waals surface area contributed by atoms with Gasteiger partial charge in [0.05, 0.1) is 0 Å². The SMILES string of the molecule is CCCC(CC)Cc1cccc(Br)c1. The summed E-state index contributed by atoms with van der Waals surface area (Å²) in [7, 11) is 0. The lowest BCUT2D eigenvalue weighted by molar-refractivity contribution is 0.462. The van der Waals surface area contributed by atoms with Gasteiger partial charge in [-0.25, -0.2) is 0 Å². The van der Waals surface area contributed by atoms with Crippen molar-refractivity contribution in [1.29, 1.82) is 0 Å². The van der Waals surface area contributed by atoms with Crippen LogP contribution in [0.4, 0.5) is 0 Å². The van der Waals surface area contributed by atoms with Gasteiger partial charge in [-0.2, -0.15) is 0 Å². The molecule has 0 amide bonds. The molecule has 0 bridgehead atoms. The summed E-state index contributed by atoms with van der Waals surface area (Å²) in [6, 6.07) is 8.67. The highest BCUT2D eigenvalue weighted by Crippen LogP contribution is 2.19. The van der Waals surface area contributed by atoms with E-state index in [1.165, 1.54) is 35.7 Å². The van der Waals surface area contributed by atoms with Gasteiger partial charge in [0.2, 0.25) is 0 Å². The van der Waals surface area contributed by atoms with Crippen molar-refractivity contribution in [2.45, 2.75) is 39.5 Å². The van der Waals surface area contributed by atoms with Crippen molar-refractivity contribution in [2.75, 3.05) is 0 Å². The van der Waals surface area contributed by atoms with Gasteiger partial charge in [0.25, 0.3) is 0 Å². The lowest BCUT2D eigenvalue weighted by Gasteiger charge is -2.13. The van der Waals surface area contributed by atoms with Gasteiger partial charge in [0, 0.05) is 4.47 Å². The fourth-order valence-electron chi connectivity index (χ4n) is 1.86. The second-order valence-corrected chi connectivity index (χ2v) is 4.81. The lowest BCUT2D eigenvalue weighted by atomic mass is 9.93. The average Bonchev–Trinajstić information content (AvgIpc) is 2.17. The van der Waals surface area contributed by atoms with Gasteiger partial charge in [-0.1, -0.05) is 61.2 Å². The summed E-state index contributed by atoms with van der Waals surface area (Å²) in [6.07, 6.45) is 5.17. The van der Waals surface area contributed by atoms with Crippen molar-refractivity contribution in [2.24, 2.45) is 5.92 Å². The third-order valence-corrected chi connectivity index (χ3v) is 3.18. The van der Waals surface area contributed by atoms with Crippen molar-refractivity contribution in [3.05, 3.63) is 34.3 Å². The second-order valence-electron chi connectivity index (χ2n) is 3.90. The van der Waals surface area contributed by atoms with Crippen LogP contribution in [0.15, 0.2) is 28.7 Å². The van der Waals surface area contributed by atoms with E-state index in [1.807, 2.05) is 0 Å². The van der Waals surface area contributed by atoms with Crippen LogP contribution < -0.4 is 0 Å². The molecule has 1 unspecified atom stereocenters. The molecule has 1 rings (SSSR count). The molecular weight excluding hydrogens is 236 g/mol. The van der Waals surface area contributed by atoms with Crippen LogP contribution >= 0.6 is 15.9 Å². The highest BCUT2D eigenvalue weighted by atomic mass is 79.9. The number of hydrogen-bond acceptors (Lipinski definition) is 0. The first kappa shape index (κ1) is 11.8. The molecule has 0 N–H and O–H groups in total. The summed E-state index contributed by atoms with van der Waals surface area (Å²) < 4.78 is 1.20. The summed E-state index contributed by atoms with van der Waals surface area (Å²) in [5, 5.41) is 0. The van der Waals surface area contributed by atoms with Gasteiger partial charge in [-0.15, -0.1) is 0 Å². The van der Waals surface area contributed by atoms with Crippen LogP contribution in [0.2, 0.25) is 0 Å². The molecule has 1 atom stereocenters. The maximum atomic E-state index is 3.51. The smallest absolute Gasteiger partial charge is 0.0177 e. The van der Waals surface area contributed by atoms with Gasteiger partial charge in [-0.05, 0) is 30.0 Å². The van der Waals surface area contributed by atoms with Crippen LogP contribution in [0.25, 0.3) is 0 Å². The Kier molecular flexibility index (Phi) is 5.24. The van der Waals surface area contributed by atoms with E-state index < -0.39 is 0 Å². The third kappa shape index (κ3) is 3.83. The number of benzene rings is 1. The molecule has 0 aliphatic carbocycles. The first-order chi connectivity index (χ1) is 6.76. The zero-order valence-corrected chi connectivity index (χ0v) is 10.7. The fourth-order valence-corrected chi connectivity index (χ4v) is 2.30. The van der Waals surface area contributed by atoms with Crippen LogP contribution in [0, 0.1) is 5.92 Å². The Hall–Kier alpha value is -0.300. The van der Waals surface area contributed by atoms with E-state index in [0.29, 0.717) is 0 Å². The average molecular weight is 255 g/mol. The first-order valence-electron chi connectivity index (χ1n) is 5.50. The summed E-state index contributed by atoms with van der Waals surface area (Å²) in [5.74, 6) is 0.856. The Balaban J connectivity index is 2.57. The summed E-state index contributed by atoms with van der Waals surface area (Å²) in [4.78, 5) is 0. The largest absolute Gasteiger partial charge is 0.0654 e. The van der Waals surface area contributed by atoms with Crippen molar-refractivity contribution in [3.8, 4) is 0 Å². The molecular formula is C13H19Br. The molecule has 0 spiro atoms. The Labute approximate surface area is 95.9 Å². The molecule has 0 heterocycles. The van der Waals surface area contributed by atoms with E-state index in [9.17, 15) is 0 Å². The molecule has 0 nitrogen and oxygen atoms in total. The zero-order valence-electron chi connectivity index (χ0n) is 9.09. The number of hydrogen-bond donors (Lipinski definition) is 0. The fraction of sp³-hybridized carbons (Fsp3) is 0.538. The van der Waals surface area contributed by atoms with Gasteiger partial charge in [-0.3, -0.25) is 0 Å². The molecule has 0 radical (unpaired) electrons. The van der Waals surface area contributed by atoms with Crippen LogP contribution in [0.5, 0.6) is 0 Å². The van der Waals surface area contributed by atoms with Crippen molar-refractivity contribution in [3.63, 3.8) is 0 Å². The Morgan fingerprint density at radius 1 is 1.29 bits per heavy atom. The maximum Gasteiger partial charge on any atom is 0.0177 e. The standard InChI is InChI=1S/C13H19Br/c1-3-6-11(4-2)9-12-7-5-8-13(14)10-12/h5,7-8,10-11H,3-4,6,9H2,1-2H3. The quantitative estimate of drug-likeness (QED) is 0.707. The predicted molar refractivity (Wildman–Crippen MR) is 66.5 cm³/mol. The third-order valence-electron chi connectivity index (χ3n) is 2.69. The molecule has 1 aromatic rings. The Bertz CT molecular complexity index is 268. The Morgan fingerprint density at radius 3 is 2.64 bits per heavy atom. The van der Waals surface area contributed by atoms with Crippen molar-refractivity contribution in [1.82, 2.24) is 0 Å². The molecule has 0 saturated heterocycles. The molecule has 0 saturated carbocycles. The molecule has 14 heavy (non-hydrogen) atoms. The summed E-state index contributed by atoms with van der Waals surface area (Å²) >= 11 is 3.51. The zero-order chi connectivity index (χ0) is 10.4. The van der Waals surface area contributed by atoms with E-state index in [4.69, 9.17) is 0 Å². The molecule has 1 heteroatoms. The minimum absolute atomic E-state index is 0.856. The molecule has 1 aromatic carbocycles. The van der Waals surface area contributed by atoms with E-state index in [-0.39, 0.29) is 0 Å². The van der Waals surface area contributed by atoms with Crippen molar-refractivity contribution < 1.29 is 0 Å². The van der Waals surface area contributed by atoms with Gasteiger partial charge in [0.1, 0.15) is 0 Å². The maximum absolute atomic E-state index is 3.51. The molecule has 0 aromatic heterocycles. The van der Waals surface area contributed by atoms with Gasteiger partial charge < -0.3 is 0 Å². The highest BCUT2D eigenvalue weighted by Gasteiger charge is 2.06. The molecule has 0 fully saturated rings. The Morgan fingerprint density at radius 2 is 2.07 bits per heavy atom. The molecule has 0 aliphatic heterocycles. The monoisotopic (exact) mass is 254 g/mol. The van der Waals surface area contributed by atoms with Crippen LogP contribution in [0.3, 0.4) is 0 Å². The van der Waals surface area contributed by atoms with Crippen LogP contribution in [-0.4, -0.2) is 0 Å². The normalized spacial score (nSPS) is 12.8. The predicted octanol–water partition coefficient (Wildman–Crippen LogP) is 4.82. The molecule has 78 valence electrons. The van der Waals surface area contributed by atoms with E-state index in [2.05, 4.69) is 54.0 Å². The second kappa shape index (κ2) is 6.23. The van der Waals surface area contributed by atoms with Crippen molar-refractivity contribution >= 4 is 15.9 Å². The summed E-state index contributed by atoms with van der Waals surface area (Å²) in [5.41, 5.74) is 1.46. The van der Waals surface area contributed by atoms with E-state index in [1.54, 1.807) is 0 Å².